The molecule has 1 amide bonds. The maximum atomic E-state index is 12.9. The van der Waals surface area contributed by atoms with Crippen LogP contribution in [0.2, 0.25) is 0 Å². The summed E-state index contributed by atoms with van der Waals surface area (Å²) in [4.78, 5) is 27.5. The van der Waals surface area contributed by atoms with Crippen LogP contribution in [0.3, 0.4) is 0 Å². The number of nitrogens with zero attached hydrogens (tertiary/aromatic N) is 1. The lowest BCUT2D eigenvalue weighted by atomic mass is 9.44. The van der Waals surface area contributed by atoms with E-state index in [1.165, 1.54) is 12.8 Å². The van der Waals surface area contributed by atoms with Crippen LogP contribution in [-0.4, -0.2) is 53.0 Å². The molecule has 6 rings (SSSR count). The van der Waals surface area contributed by atoms with Crippen molar-refractivity contribution in [1.82, 2.24) is 4.90 Å². The van der Waals surface area contributed by atoms with Crippen molar-refractivity contribution in [3.05, 3.63) is 28.8 Å². The molecular formula is C23H28N2O4. The number of ketones is 1. The first-order valence-electron chi connectivity index (χ1n) is 10.9. The Kier molecular flexibility index (Phi) is 3.46. The van der Waals surface area contributed by atoms with Gasteiger partial charge in [0, 0.05) is 30.5 Å². The number of carbonyl (C=O) groups is 2. The lowest BCUT2D eigenvalue weighted by Gasteiger charge is -2.62. The fourth-order valence-electron chi connectivity index (χ4n) is 7.20. The smallest absolute Gasteiger partial charge is 0.252 e. The molecule has 154 valence electrons. The second kappa shape index (κ2) is 5.61. The van der Waals surface area contributed by atoms with E-state index in [1.807, 2.05) is 6.07 Å². The monoisotopic (exact) mass is 396 g/mol. The number of amides is 1. The molecule has 1 aromatic carbocycles. The molecule has 29 heavy (non-hydrogen) atoms. The van der Waals surface area contributed by atoms with E-state index in [1.54, 1.807) is 6.07 Å². The Labute approximate surface area is 170 Å². The van der Waals surface area contributed by atoms with E-state index in [4.69, 9.17) is 10.5 Å². The molecule has 2 bridgehead atoms. The first kappa shape index (κ1) is 17.9. The van der Waals surface area contributed by atoms with Crippen molar-refractivity contribution in [1.29, 1.82) is 0 Å². The number of aliphatic hydroxyl groups is 1. The molecule has 3 fully saturated rings. The summed E-state index contributed by atoms with van der Waals surface area (Å²) in [6.07, 6.45) is 5.11. The van der Waals surface area contributed by atoms with Gasteiger partial charge in [0.1, 0.15) is 5.75 Å². The fraction of sp³-hybridized carbons (Fsp3) is 0.652. The quantitative estimate of drug-likeness (QED) is 0.806. The SMILES string of the molecule is CN(CC1CC1)C1CC[C@]23c4c5ccc(C(N)=O)c4O[C@H]2C(=O)CC[C@@]3(O)[C@H]1C5. The van der Waals surface area contributed by atoms with Crippen molar-refractivity contribution in [3.8, 4) is 5.75 Å². The first-order chi connectivity index (χ1) is 13.9. The van der Waals surface area contributed by atoms with Crippen LogP contribution in [0.25, 0.3) is 0 Å². The fourth-order valence-corrected chi connectivity index (χ4v) is 7.20. The summed E-state index contributed by atoms with van der Waals surface area (Å²) < 4.78 is 6.19. The minimum Gasteiger partial charge on any atom is -0.480 e. The molecule has 5 aliphatic rings. The van der Waals surface area contributed by atoms with Crippen LogP contribution in [0.1, 0.15) is 60.0 Å². The van der Waals surface area contributed by atoms with Gasteiger partial charge < -0.3 is 20.5 Å². The van der Waals surface area contributed by atoms with E-state index in [9.17, 15) is 14.7 Å². The molecule has 1 aromatic rings. The number of nitrogens with two attached hydrogens (primary N) is 1. The van der Waals surface area contributed by atoms with Crippen molar-refractivity contribution in [2.24, 2.45) is 17.6 Å². The standard InChI is InChI=1S/C23H28N2O4/c1-25(11-12-2-3-12)16-6-8-22-18-13-4-5-14(21(24)27)19(18)29-20(22)17(26)7-9-23(22,28)15(16)10-13/h4-5,12,15-16,20,28H,2-3,6-11H2,1H3,(H2,24,27)/t15-,16?,20-,22-,23+/m0/s1. The molecule has 4 aliphatic carbocycles. The largest absolute Gasteiger partial charge is 0.480 e. The number of ether oxygens (including phenoxy) is 1. The van der Waals surface area contributed by atoms with Gasteiger partial charge >= 0.3 is 0 Å². The van der Waals surface area contributed by atoms with E-state index in [2.05, 4.69) is 11.9 Å². The maximum absolute atomic E-state index is 12.9. The molecule has 6 heteroatoms. The molecule has 1 heterocycles. The average Bonchev–Trinajstić information content (AvgIpc) is 3.40. The molecule has 5 atom stereocenters. The Morgan fingerprint density at radius 1 is 1.31 bits per heavy atom. The number of Topliss-reactive ketones (excluding diaryl/α,β-unsaturated/α-hetero) is 1. The van der Waals surface area contributed by atoms with Gasteiger partial charge in [-0.05, 0) is 63.1 Å². The molecule has 3 N–H and O–H groups in total. The number of carbonyl (C=O) groups excluding carboxylic acids is 2. The predicted molar refractivity (Wildman–Crippen MR) is 106 cm³/mol. The second-order valence-electron chi connectivity index (χ2n) is 10.0. The molecule has 0 saturated heterocycles. The van der Waals surface area contributed by atoms with Gasteiger partial charge in [-0.3, -0.25) is 9.59 Å². The Hall–Kier alpha value is -1.92. The van der Waals surface area contributed by atoms with Crippen LogP contribution in [0.4, 0.5) is 0 Å². The zero-order valence-corrected chi connectivity index (χ0v) is 16.8. The van der Waals surface area contributed by atoms with Crippen LogP contribution in [0.5, 0.6) is 5.75 Å². The maximum Gasteiger partial charge on any atom is 0.252 e. The number of hydrogen-bond donors (Lipinski definition) is 2. The van der Waals surface area contributed by atoms with Crippen molar-refractivity contribution >= 4 is 11.7 Å². The van der Waals surface area contributed by atoms with Gasteiger partial charge in [-0.2, -0.15) is 0 Å². The number of rotatable bonds is 4. The highest BCUT2D eigenvalue weighted by atomic mass is 16.5. The molecule has 1 spiro atoms. The van der Waals surface area contributed by atoms with Crippen LogP contribution >= 0.6 is 0 Å². The van der Waals surface area contributed by atoms with Gasteiger partial charge in [0.05, 0.1) is 16.6 Å². The Morgan fingerprint density at radius 3 is 2.83 bits per heavy atom. The highest BCUT2D eigenvalue weighted by Crippen LogP contribution is 2.66. The molecule has 0 aromatic heterocycles. The number of benzene rings is 1. The highest BCUT2D eigenvalue weighted by molar-refractivity contribution is 5.98. The summed E-state index contributed by atoms with van der Waals surface area (Å²) >= 11 is 0. The van der Waals surface area contributed by atoms with Gasteiger partial charge in [0.25, 0.3) is 5.91 Å². The van der Waals surface area contributed by atoms with Crippen molar-refractivity contribution < 1.29 is 19.4 Å². The van der Waals surface area contributed by atoms with Gasteiger partial charge in [-0.1, -0.05) is 6.07 Å². The lowest BCUT2D eigenvalue weighted by Crippen LogP contribution is -2.73. The van der Waals surface area contributed by atoms with Crippen molar-refractivity contribution in [3.63, 3.8) is 0 Å². The van der Waals surface area contributed by atoms with E-state index in [-0.39, 0.29) is 11.7 Å². The van der Waals surface area contributed by atoms with E-state index in [0.717, 1.165) is 36.4 Å². The minimum atomic E-state index is -0.985. The van der Waals surface area contributed by atoms with Crippen LogP contribution < -0.4 is 10.5 Å². The molecular weight excluding hydrogens is 368 g/mol. The Bertz CT molecular complexity index is 941. The zero-order valence-electron chi connectivity index (χ0n) is 16.8. The third kappa shape index (κ3) is 2.09. The van der Waals surface area contributed by atoms with Crippen molar-refractivity contribution in [2.45, 2.75) is 68.1 Å². The molecule has 3 saturated carbocycles. The highest BCUT2D eigenvalue weighted by Gasteiger charge is 2.73. The van der Waals surface area contributed by atoms with E-state index >= 15 is 0 Å². The number of hydrogen-bond acceptors (Lipinski definition) is 5. The van der Waals surface area contributed by atoms with Gasteiger partial charge in [-0.25, -0.2) is 0 Å². The van der Waals surface area contributed by atoms with Crippen LogP contribution in [-0.2, 0) is 16.6 Å². The minimum absolute atomic E-state index is 0.0395. The normalized spacial score (nSPS) is 39.3. The number of primary amides is 1. The molecule has 6 nitrogen and oxygen atoms in total. The van der Waals surface area contributed by atoms with Crippen molar-refractivity contribution in [2.75, 3.05) is 13.6 Å². The second-order valence-corrected chi connectivity index (χ2v) is 10.0. The van der Waals surface area contributed by atoms with E-state index in [0.29, 0.717) is 36.6 Å². The van der Waals surface area contributed by atoms with Crippen LogP contribution in [0, 0.1) is 11.8 Å². The Morgan fingerprint density at radius 2 is 2.10 bits per heavy atom. The third-order valence-corrected chi connectivity index (χ3v) is 8.62. The van der Waals surface area contributed by atoms with Crippen LogP contribution in [0.15, 0.2) is 12.1 Å². The lowest BCUT2D eigenvalue weighted by molar-refractivity contribution is -0.190. The zero-order chi connectivity index (χ0) is 20.1. The average molecular weight is 396 g/mol. The molecule has 1 aliphatic heterocycles. The summed E-state index contributed by atoms with van der Waals surface area (Å²) in [5, 5.41) is 12.3. The summed E-state index contributed by atoms with van der Waals surface area (Å²) in [5.74, 6) is 0.808. The summed E-state index contributed by atoms with van der Waals surface area (Å²) in [5.41, 5.74) is 6.23. The molecule has 0 radical (unpaired) electrons. The summed E-state index contributed by atoms with van der Waals surface area (Å²) in [6.45, 7) is 1.09. The Balaban J connectivity index is 1.53. The summed E-state index contributed by atoms with van der Waals surface area (Å²) in [6, 6.07) is 4.01. The van der Waals surface area contributed by atoms with E-state index < -0.39 is 23.0 Å². The first-order valence-corrected chi connectivity index (χ1v) is 10.9. The van der Waals surface area contributed by atoms with Gasteiger partial charge in [0.2, 0.25) is 0 Å². The summed E-state index contributed by atoms with van der Waals surface area (Å²) in [7, 11) is 2.19. The predicted octanol–water partition coefficient (Wildman–Crippen LogP) is 1.55. The van der Waals surface area contributed by atoms with Gasteiger partial charge in [-0.15, -0.1) is 0 Å². The van der Waals surface area contributed by atoms with Gasteiger partial charge in [0.15, 0.2) is 11.9 Å². The topological polar surface area (TPSA) is 92.9 Å². The third-order valence-electron chi connectivity index (χ3n) is 8.62. The molecule has 1 unspecified atom stereocenters.